The van der Waals surface area contributed by atoms with E-state index < -0.39 is 0 Å². The first kappa shape index (κ1) is 18.1. The lowest BCUT2D eigenvalue weighted by atomic mass is 10.1. The monoisotopic (exact) mass is 377 g/mol. The summed E-state index contributed by atoms with van der Waals surface area (Å²) in [6.45, 7) is 4.24. The van der Waals surface area contributed by atoms with Crippen molar-refractivity contribution in [2.75, 3.05) is 18.0 Å². The molecular weight excluding hydrogens is 354 g/mol. The highest BCUT2D eigenvalue weighted by molar-refractivity contribution is 5.91. The second kappa shape index (κ2) is 8.16. The molecule has 1 aromatic carbocycles. The fraction of sp³-hybridized carbons (Fsp3) is 0.350. The Hall–Kier alpha value is -3.29. The highest BCUT2D eigenvalue weighted by Gasteiger charge is 2.15. The van der Waals surface area contributed by atoms with Crippen molar-refractivity contribution in [2.24, 2.45) is 0 Å². The molecule has 3 heterocycles. The Morgan fingerprint density at radius 2 is 1.89 bits per heavy atom. The van der Waals surface area contributed by atoms with Crippen LogP contribution in [0, 0.1) is 6.92 Å². The summed E-state index contributed by atoms with van der Waals surface area (Å²) < 4.78 is 0. The van der Waals surface area contributed by atoms with E-state index in [4.69, 9.17) is 0 Å². The second-order valence-electron chi connectivity index (χ2n) is 6.87. The van der Waals surface area contributed by atoms with Gasteiger partial charge in [-0.2, -0.15) is 9.90 Å². The first-order valence-electron chi connectivity index (χ1n) is 9.54. The summed E-state index contributed by atoms with van der Waals surface area (Å²) in [6.07, 6.45) is 5.10. The second-order valence-corrected chi connectivity index (χ2v) is 6.87. The van der Waals surface area contributed by atoms with Crippen LogP contribution < -0.4 is 10.2 Å². The molecule has 1 N–H and O–H groups in total. The minimum absolute atomic E-state index is 0.250. The third-order valence-electron chi connectivity index (χ3n) is 4.69. The van der Waals surface area contributed by atoms with Gasteiger partial charge in [0.25, 0.3) is 5.91 Å². The summed E-state index contributed by atoms with van der Waals surface area (Å²) >= 11 is 0. The molecule has 28 heavy (non-hydrogen) atoms. The SMILES string of the molecule is Cc1cc(N2CCCCC2)nc(CNC(=O)c2cnn(-c3ccccc3)n2)n1. The van der Waals surface area contributed by atoms with Crippen molar-refractivity contribution in [3.8, 4) is 5.69 Å². The van der Waals surface area contributed by atoms with Crippen LogP contribution in [0.5, 0.6) is 0 Å². The summed E-state index contributed by atoms with van der Waals surface area (Å²) in [5, 5.41) is 11.2. The third kappa shape index (κ3) is 4.16. The van der Waals surface area contributed by atoms with E-state index in [-0.39, 0.29) is 18.1 Å². The fourth-order valence-electron chi connectivity index (χ4n) is 3.28. The fourth-order valence-corrected chi connectivity index (χ4v) is 3.28. The summed E-state index contributed by atoms with van der Waals surface area (Å²) in [6, 6.07) is 11.5. The zero-order chi connectivity index (χ0) is 19.3. The van der Waals surface area contributed by atoms with Crippen LogP contribution in [0.3, 0.4) is 0 Å². The van der Waals surface area contributed by atoms with Crippen molar-refractivity contribution in [3.05, 3.63) is 59.8 Å². The van der Waals surface area contributed by atoms with Crippen LogP contribution in [0.25, 0.3) is 5.69 Å². The number of nitrogens with zero attached hydrogens (tertiary/aromatic N) is 6. The molecule has 0 spiro atoms. The number of aryl methyl sites for hydroxylation is 1. The number of hydrogen-bond donors (Lipinski definition) is 1. The quantitative estimate of drug-likeness (QED) is 0.734. The number of benzene rings is 1. The molecule has 1 fully saturated rings. The number of carbonyl (C=O) groups excluding carboxylic acids is 1. The number of para-hydroxylation sites is 1. The summed E-state index contributed by atoms with van der Waals surface area (Å²) in [7, 11) is 0. The van der Waals surface area contributed by atoms with Crippen LogP contribution >= 0.6 is 0 Å². The molecule has 1 amide bonds. The Bertz CT molecular complexity index is 948. The number of hydrogen-bond acceptors (Lipinski definition) is 6. The molecule has 0 bridgehead atoms. The van der Waals surface area contributed by atoms with E-state index >= 15 is 0 Å². The van der Waals surface area contributed by atoms with E-state index in [2.05, 4.69) is 30.4 Å². The molecule has 144 valence electrons. The van der Waals surface area contributed by atoms with E-state index in [0.717, 1.165) is 30.3 Å². The molecular formula is C20H23N7O. The predicted molar refractivity (Wildman–Crippen MR) is 105 cm³/mol. The smallest absolute Gasteiger partial charge is 0.273 e. The summed E-state index contributed by atoms with van der Waals surface area (Å²) in [5.41, 5.74) is 1.96. The van der Waals surface area contributed by atoms with E-state index in [1.54, 1.807) is 0 Å². The first-order valence-corrected chi connectivity index (χ1v) is 9.54. The number of aromatic nitrogens is 5. The van der Waals surface area contributed by atoms with Gasteiger partial charge in [-0.1, -0.05) is 18.2 Å². The molecule has 1 aliphatic heterocycles. The Labute approximate surface area is 163 Å². The molecule has 2 aromatic heterocycles. The van der Waals surface area contributed by atoms with Crippen molar-refractivity contribution >= 4 is 11.7 Å². The molecule has 0 atom stereocenters. The minimum atomic E-state index is -0.299. The number of nitrogens with one attached hydrogen (secondary N) is 1. The van der Waals surface area contributed by atoms with E-state index in [0.29, 0.717) is 5.82 Å². The minimum Gasteiger partial charge on any atom is -0.357 e. The summed E-state index contributed by atoms with van der Waals surface area (Å²) in [4.78, 5) is 25.3. The molecule has 0 saturated carbocycles. The van der Waals surface area contributed by atoms with Gasteiger partial charge in [-0.15, -0.1) is 5.10 Å². The average Bonchev–Trinajstić information content (AvgIpc) is 3.23. The third-order valence-corrected chi connectivity index (χ3v) is 4.69. The van der Waals surface area contributed by atoms with Gasteiger partial charge in [-0.3, -0.25) is 4.79 Å². The Kier molecular flexibility index (Phi) is 5.27. The molecule has 3 aromatic rings. The maximum atomic E-state index is 12.4. The number of piperidine rings is 1. The highest BCUT2D eigenvalue weighted by Crippen LogP contribution is 2.18. The normalized spacial score (nSPS) is 14.1. The van der Waals surface area contributed by atoms with E-state index in [1.807, 2.05) is 43.3 Å². The van der Waals surface area contributed by atoms with Crippen molar-refractivity contribution in [1.29, 1.82) is 0 Å². The van der Waals surface area contributed by atoms with Crippen LogP contribution in [0.2, 0.25) is 0 Å². The van der Waals surface area contributed by atoms with Crippen LogP contribution in [0.15, 0.2) is 42.6 Å². The highest BCUT2D eigenvalue weighted by atomic mass is 16.2. The number of anilines is 1. The van der Waals surface area contributed by atoms with Gasteiger partial charge < -0.3 is 10.2 Å². The van der Waals surface area contributed by atoms with Gasteiger partial charge in [0.05, 0.1) is 18.4 Å². The topological polar surface area (TPSA) is 88.8 Å². The maximum Gasteiger partial charge on any atom is 0.273 e. The Morgan fingerprint density at radius 3 is 2.68 bits per heavy atom. The van der Waals surface area contributed by atoms with Gasteiger partial charge in [0.2, 0.25) is 0 Å². The van der Waals surface area contributed by atoms with Crippen LogP contribution in [-0.4, -0.2) is 44.0 Å². The number of amides is 1. The summed E-state index contributed by atoms with van der Waals surface area (Å²) in [5.74, 6) is 1.24. The van der Waals surface area contributed by atoms with E-state index in [1.165, 1.54) is 30.3 Å². The Balaban J connectivity index is 1.42. The largest absolute Gasteiger partial charge is 0.357 e. The molecule has 8 heteroatoms. The van der Waals surface area contributed by atoms with Crippen molar-refractivity contribution < 1.29 is 4.79 Å². The predicted octanol–water partition coefficient (Wildman–Crippen LogP) is 2.29. The molecule has 4 rings (SSSR count). The molecule has 0 unspecified atom stereocenters. The molecule has 1 saturated heterocycles. The molecule has 8 nitrogen and oxygen atoms in total. The van der Waals surface area contributed by atoms with Gasteiger partial charge in [0.1, 0.15) is 11.6 Å². The van der Waals surface area contributed by atoms with Crippen molar-refractivity contribution in [3.63, 3.8) is 0 Å². The number of rotatable bonds is 5. The lowest BCUT2D eigenvalue weighted by Gasteiger charge is -2.28. The van der Waals surface area contributed by atoms with E-state index in [9.17, 15) is 4.79 Å². The standard InChI is InChI=1S/C20H23N7O/c1-15-12-19(26-10-6-3-7-11-26)24-18(23-15)14-21-20(28)17-13-22-27(25-17)16-8-4-2-5-9-16/h2,4-5,8-9,12-13H,3,6-7,10-11,14H2,1H3,(H,21,28). The van der Waals surface area contributed by atoms with Gasteiger partial charge in [0.15, 0.2) is 5.69 Å². The van der Waals surface area contributed by atoms with Gasteiger partial charge in [-0.05, 0) is 38.3 Å². The van der Waals surface area contributed by atoms with Gasteiger partial charge >= 0.3 is 0 Å². The Morgan fingerprint density at radius 1 is 1.11 bits per heavy atom. The maximum absolute atomic E-state index is 12.4. The van der Waals surface area contributed by atoms with Crippen LogP contribution in [-0.2, 0) is 6.54 Å². The van der Waals surface area contributed by atoms with Gasteiger partial charge in [0, 0.05) is 24.8 Å². The lowest BCUT2D eigenvalue weighted by molar-refractivity contribution is 0.0944. The molecule has 0 radical (unpaired) electrons. The zero-order valence-electron chi connectivity index (χ0n) is 15.9. The van der Waals surface area contributed by atoms with Crippen molar-refractivity contribution in [2.45, 2.75) is 32.7 Å². The molecule has 0 aliphatic carbocycles. The number of carbonyl (C=O) groups is 1. The lowest BCUT2D eigenvalue weighted by Crippen LogP contribution is -2.31. The zero-order valence-corrected chi connectivity index (χ0v) is 15.9. The van der Waals surface area contributed by atoms with Crippen LogP contribution in [0.1, 0.15) is 41.3 Å². The average molecular weight is 377 g/mol. The molecule has 1 aliphatic rings. The van der Waals surface area contributed by atoms with Crippen molar-refractivity contribution in [1.82, 2.24) is 30.3 Å². The van der Waals surface area contributed by atoms with Gasteiger partial charge in [-0.25, -0.2) is 9.97 Å². The first-order chi connectivity index (χ1) is 13.7. The van der Waals surface area contributed by atoms with Crippen LogP contribution in [0.4, 0.5) is 5.82 Å².